The maximum absolute atomic E-state index is 12.7. The van der Waals surface area contributed by atoms with Crippen molar-refractivity contribution in [3.8, 4) is 17.1 Å². The number of benzene rings is 2. The van der Waals surface area contributed by atoms with E-state index in [-0.39, 0.29) is 18.2 Å². The molecule has 1 aliphatic heterocycles. The zero-order valence-corrected chi connectivity index (χ0v) is 16.3. The number of aromatic amines is 1. The van der Waals surface area contributed by atoms with Crippen molar-refractivity contribution in [1.29, 1.82) is 0 Å². The van der Waals surface area contributed by atoms with Crippen LogP contribution < -0.4 is 9.64 Å². The van der Waals surface area contributed by atoms with Crippen molar-refractivity contribution in [1.82, 2.24) is 15.2 Å². The molecule has 0 saturated carbocycles. The van der Waals surface area contributed by atoms with Crippen LogP contribution in [-0.2, 0) is 9.59 Å². The lowest BCUT2D eigenvalue weighted by Crippen LogP contribution is -2.31. The molecule has 1 saturated heterocycles. The van der Waals surface area contributed by atoms with Gasteiger partial charge in [-0.1, -0.05) is 23.4 Å². The first-order valence-electron chi connectivity index (χ1n) is 8.41. The van der Waals surface area contributed by atoms with Gasteiger partial charge in [-0.15, -0.1) is 5.10 Å². The van der Waals surface area contributed by atoms with Gasteiger partial charge in [-0.3, -0.25) is 14.7 Å². The number of halogens is 1. The standard InChI is InChI=1S/C19H15ClN4O3S/c1-27-14-8-2-11(3-9-14)17-21-19(23-22-17)28-15-10-16(25)24(18(15)26)13-6-4-12(20)5-7-13/h2-9,15H,10H2,1H3,(H,21,22,23)/t15-/m1/s1. The molecule has 1 aromatic heterocycles. The molecule has 0 spiro atoms. The van der Waals surface area contributed by atoms with Crippen LogP contribution in [0.2, 0.25) is 5.02 Å². The average molecular weight is 415 g/mol. The van der Waals surface area contributed by atoms with Gasteiger partial charge in [-0.05, 0) is 48.5 Å². The van der Waals surface area contributed by atoms with Gasteiger partial charge in [0.1, 0.15) is 11.0 Å². The second kappa shape index (κ2) is 7.65. The van der Waals surface area contributed by atoms with E-state index in [0.29, 0.717) is 21.7 Å². The number of ether oxygens (including phenoxy) is 1. The van der Waals surface area contributed by atoms with Gasteiger partial charge < -0.3 is 4.74 Å². The van der Waals surface area contributed by atoms with Crippen molar-refractivity contribution in [2.24, 2.45) is 0 Å². The number of anilines is 1. The molecular formula is C19H15ClN4O3S. The predicted octanol–water partition coefficient (Wildman–Crippen LogP) is 3.56. The molecular weight excluding hydrogens is 400 g/mol. The molecule has 0 radical (unpaired) electrons. The summed E-state index contributed by atoms with van der Waals surface area (Å²) < 4.78 is 5.14. The minimum atomic E-state index is -0.567. The number of aromatic nitrogens is 3. The molecule has 2 amide bonds. The van der Waals surface area contributed by atoms with Gasteiger partial charge in [-0.25, -0.2) is 9.88 Å². The molecule has 1 atom stereocenters. The lowest BCUT2D eigenvalue weighted by molar-refractivity contribution is -0.121. The van der Waals surface area contributed by atoms with Crippen LogP contribution in [0.15, 0.2) is 53.7 Å². The summed E-state index contributed by atoms with van der Waals surface area (Å²) in [5.74, 6) is 0.788. The molecule has 0 aliphatic carbocycles. The summed E-state index contributed by atoms with van der Waals surface area (Å²) in [5.41, 5.74) is 1.35. The Kier molecular flexibility index (Phi) is 5.06. The number of nitrogens with zero attached hydrogens (tertiary/aromatic N) is 3. The summed E-state index contributed by atoms with van der Waals surface area (Å²) >= 11 is 7.05. The highest BCUT2D eigenvalue weighted by molar-refractivity contribution is 8.00. The van der Waals surface area contributed by atoms with E-state index in [1.165, 1.54) is 16.7 Å². The van der Waals surface area contributed by atoms with Crippen LogP contribution >= 0.6 is 23.4 Å². The highest BCUT2D eigenvalue weighted by atomic mass is 35.5. The van der Waals surface area contributed by atoms with Crippen molar-refractivity contribution in [3.63, 3.8) is 0 Å². The molecule has 0 unspecified atom stereocenters. The lowest BCUT2D eigenvalue weighted by atomic mass is 10.2. The Balaban J connectivity index is 1.49. The molecule has 7 nitrogen and oxygen atoms in total. The number of thioether (sulfide) groups is 1. The number of rotatable bonds is 5. The predicted molar refractivity (Wildman–Crippen MR) is 107 cm³/mol. The smallest absolute Gasteiger partial charge is 0.247 e. The van der Waals surface area contributed by atoms with Crippen LogP contribution in [-0.4, -0.2) is 39.4 Å². The second-order valence-electron chi connectivity index (χ2n) is 6.05. The quantitative estimate of drug-likeness (QED) is 0.642. The third-order valence-corrected chi connectivity index (χ3v) is 5.56. The topological polar surface area (TPSA) is 88.2 Å². The minimum Gasteiger partial charge on any atom is -0.497 e. The number of hydrogen-bond acceptors (Lipinski definition) is 6. The van der Waals surface area contributed by atoms with E-state index in [2.05, 4.69) is 15.2 Å². The minimum absolute atomic E-state index is 0.0958. The molecule has 0 bridgehead atoms. The lowest BCUT2D eigenvalue weighted by Gasteiger charge is -2.14. The van der Waals surface area contributed by atoms with E-state index in [4.69, 9.17) is 16.3 Å². The number of carbonyl (C=O) groups excluding carboxylic acids is 2. The molecule has 1 N–H and O–H groups in total. The van der Waals surface area contributed by atoms with Gasteiger partial charge in [0.15, 0.2) is 5.82 Å². The molecule has 3 aromatic rings. The molecule has 28 heavy (non-hydrogen) atoms. The third-order valence-electron chi connectivity index (χ3n) is 4.27. The maximum atomic E-state index is 12.7. The summed E-state index contributed by atoms with van der Waals surface area (Å²) in [5, 5.41) is 7.41. The highest BCUT2D eigenvalue weighted by Crippen LogP contribution is 2.33. The Morgan fingerprint density at radius 3 is 2.54 bits per heavy atom. The Morgan fingerprint density at radius 2 is 1.86 bits per heavy atom. The van der Waals surface area contributed by atoms with E-state index in [1.807, 2.05) is 24.3 Å². The first kappa shape index (κ1) is 18.5. The highest BCUT2D eigenvalue weighted by Gasteiger charge is 2.40. The average Bonchev–Trinajstić information content (AvgIpc) is 3.28. The van der Waals surface area contributed by atoms with E-state index >= 15 is 0 Å². The SMILES string of the molecule is COc1ccc(-c2nc(S[C@@H]3CC(=O)N(c4ccc(Cl)cc4)C3=O)n[nH]2)cc1. The summed E-state index contributed by atoms with van der Waals surface area (Å²) in [6.45, 7) is 0. The number of methoxy groups -OCH3 is 1. The second-order valence-corrected chi connectivity index (χ2v) is 7.66. The Bertz CT molecular complexity index is 1020. The molecule has 1 aliphatic rings. The number of imide groups is 1. The molecule has 142 valence electrons. The number of H-pyrrole nitrogens is 1. The van der Waals surface area contributed by atoms with Gasteiger partial charge in [-0.2, -0.15) is 0 Å². The van der Waals surface area contributed by atoms with E-state index < -0.39 is 5.25 Å². The first-order valence-corrected chi connectivity index (χ1v) is 9.67. The molecule has 9 heteroatoms. The van der Waals surface area contributed by atoms with Crippen molar-refractivity contribution in [3.05, 3.63) is 53.6 Å². The fourth-order valence-electron chi connectivity index (χ4n) is 2.86. The van der Waals surface area contributed by atoms with Gasteiger partial charge >= 0.3 is 0 Å². The Morgan fingerprint density at radius 1 is 1.14 bits per heavy atom. The fraction of sp³-hybridized carbons (Fsp3) is 0.158. The van der Waals surface area contributed by atoms with Crippen LogP contribution in [0.25, 0.3) is 11.4 Å². The van der Waals surface area contributed by atoms with Crippen LogP contribution in [0.4, 0.5) is 5.69 Å². The van der Waals surface area contributed by atoms with Crippen molar-refractivity contribution in [2.45, 2.75) is 16.8 Å². The molecule has 2 heterocycles. The number of hydrogen-bond donors (Lipinski definition) is 1. The molecule has 4 rings (SSSR count). The number of amides is 2. The summed E-state index contributed by atoms with van der Waals surface area (Å²) in [7, 11) is 1.60. The van der Waals surface area contributed by atoms with E-state index in [1.54, 1.807) is 31.4 Å². The van der Waals surface area contributed by atoms with Crippen molar-refractivity contribution < 1.29 is 14.3 Å². The van der Waals surface area contributed by atoms with Crippen molar-refractivity contribution >= 4 is 40.9 Å². The summed E-state index contributed by atoms with van der Waals surface area (Å²) in [6.07, 6.45) is 0.0958. The number of nitrogens with one attached hydrogen (secondary N) is 1. The number of carbonyl (C=O) groups is 2. The van der Waals surface area contributed by atoms with Crippen LogP contribution in [0.3, 0.4) is 0 Å². The Labute approximate surface area is 170 Å². The fourth-order valence-corrected chi connectivity index (χ4v) is 3.92. The molecule has 2 aromatic carbocycles. The molecule has 1 fully saturated rings. The van der Waals surface area contributed by atoms with Crippen LogP contribution in [0.1, 0.15) is 6.42 Å². The van der Waals surface area contributed by atoms with Gasteiger partial charge in [0.05, 0.1) is 12.8 Å². The van der Waals surface area contributed by atoms with E-state index in [9.17, 15) is 9.59 Å². The maximum Gasteiger partial charge on any atom is 0.247 e. The summed E-state index contributed by atoms with van der Waals surface area (Å²) in [4.78, 5) is 30.7. The van der Waals surface area contributed by atoms with Gasteiger partial charge in [0.25, 0.3) is 0 Å². The zero-order valence-electron chi connectivity index (χ0n) is 14.8. The normalized spacial score (nSPS) is 16.6. The zero-order chi connectivity index (χ0) is 19.7. The first-order chi connectivity index (χ1) is 13.5. The van der Waals surface area contributed by atoms with Gasteiger partial charge in [0.2, 0.25) is 17.0 Å². The van der Waals surface area contributed by atoms with E-state index in [0.717, 1.165) is 11.3 Å². The van der Waals surface area contributed by atoms with Crippen LogP contribution in [0, 0.1) is 0 Å². The van der Waals surface area contributed by atoms with Crippen molar-refractivity contribution in [2.75, 3.05) is 12.0 Å². The monoisotopic (exact) mass is 414 g/mol. The van der Waals surface area contributed by atoms with Gasteiger partial charge in [0, 0.05) is 17.0 Å². The van der Waals surface area contributed by atoms with Crippen LogP contribution in [0.5, 0.6) is 5.75 Å². The third kappa shape index (κ3) is 3.61. The largest absolute Gasteiger partial charge is 0.497 e. The Hall–Kier alpha value is -2.84. The summed E-state index contributed by atoms with van der Waals surface area (Å²) in [6, 6.07) is 14.0.